The molecule has 2 rings (SSSR count). The van der Waals surface area contributed by atoms with Gasteiger partial charge >= 0.3 is 0 Å². The van der Waals surface area contributed by atoms with Gasteiger partial charge in [0.15, 0.2) is 6.61 Å². The van der Waals surface area contributed by atoms with Crippen molar-refractivity contribution < 1.29 is 19.0 Å². The third-order valence-corrected chi connectivity index (χ3v) is 3.46. The van der Waals surface area contributed by atoms with E-state index in [0.717, 1.165) is 0 Å². The third-order valence-electron chi connectivity index (χ3n) is 2.93. The van der Waals surface area contributed by atoms with E-state index in [1.807, 2.05) is 0 Å². The van der Waals surface area contributed by atoms with Crippen LogP contribution in [0.1, 0.15) is 0 Å². The number of carbonyl (C=O) groups excluding carboxylic acids is 1. The van der Waals surface area contributed by atoms with E-state index in [9.17, 15) is 4.79 Å². The Kier molecular flexibility index (Phi) is 7.18. The van der Waals surface area contributed by atoms with Crippen LogP contribution in [0.25, 0.3) is 0 Å². The monoisotopic (exact) mass is 369 g/mol. The third kappa shape index (κ3) is 5.92. The standard InChI is InChI=1S/C17H17Cl2NO4/c1-22-7-8-23-14-4-2-3-13(10-14)20-17(21)11-24-16-6-5-12(18)9-15(16)19/h2-6,9-10H,7-8,11H2,1H3,(H,20,21). The first-order chi connectivity index (χ1) is 11.6. The number of benzene rings is 2. The van der Waals surface area contributed by atoms with Gasteiger partial charge in [0.2, 0.25) is 0 Å². The van der Waals surface area contributed by atoms with Crippen LogP contribution < -0.4 is 14.8 Å². The molecular formula is C17H17Cl2NO4. The van der Waals surface area contributed by atoms with Crippen molar-refractivity contribution in [2.24, 2.45) is 0 Å². The molecule has 2 aromatic carbocycles. The second kappa shape index (κ2) is 9.37. The zero-order valence-electron chi connectivity index (χ0n) is 13.1. The minimum atomic E-state index is -0.310. The van der Waals surface area contributed by atoms with Gasteiger partial charge in [0.1, 0.15) is 18.1 Å². The van der Waals surface area contributed by atoms with Gasteiger partial charge < -0.3 is 19.5 Å². The number of anilines is 1. The predicted octanol–water partition coefficient (Wildman–Crippen LogP) is 4.04. The fourth-order valence-corrected chi connectivity index (χ4v) is 2.30. The molecule has 0 saturated carbocycles. The summed E-state index contributed by atoms with van der Waals surface area (Å²) in [4.78, 5) is 12.0. The lowest BCUT2D eigenvalue weighted by Crippen LogP contribution is -2.20. The van der Waals surface area contributed by atoms with Gasteiger partial charge in [0.25, 0.3) is 5.91 Å². The Morgan fingerprint density at radius 2 is 1.92 bits per heavy atom. The minimum absolute atomic E-state index is 0.171. The highest BCUT2D eigenvalue weighted by molar-refractivity contribution is 6.35. The molecule has 2 aromatic rings. The van der Waals surface area contributed by atoms with E-state index in [4.69, 9.17) is 37.4 Å². The van der Waals surface area contributed by atoms with Crippen LogP contribution in [0, 0.1) is 0 Å². The van der Waals surface area contributed by atoms with Crippen LogP contribution in [0.3, 0.4) is 0 Å². The number of ether oxygens (including phenoxy) is 3. The Balaban J connectivity index is 1.86. The number of halogens is 2. The molecule has 0 heterocycles. The van der Waals surface area contributed by atoms with E-state index >= 15 is 0 Å². The highest BCUT2D eigenvalue weighted by atomic mass is 35.5. The van der Waals surface area contributed by atoms with Crippen LogP contribution >= 0.6 is 23.2 Å². The maximum absolute atomic E-state index is 12.0. The lowest BCUT2D eigenvalue weighted by Gasteiger charge is -2.10. The largest absolute Gasteiger partial charge is 0.491 e. The summed E-state index contributed by atoms with van der Waals surface area (Å²) in [5.41, 5.74) is 0.612. The summed E-state index contributed by atoms with van der Waals surface area (Å²) in [7, 11) is 1.60. The topological polar surface area (TPSA) is 56.8 Å². The number of hydrogen-bond donors (Lipinski definition) is 1. The first-order valence-corrected chi connectivity index (χ1v) is 7.93. The average molecular weight is 370 g/mol. The summed E-state index contributed by atoms with van der Waals surface area (Å²) >= 11 is 11.8. The zero-order valence-corrected chi connectivity index (χ0v) is 14.6. The summed E-state index contributed by atoms with van der Waals surface area (Å²) in [5.74, 6) is 0.731. The summed E-state index contributed by atoms with van der Waals surface area (Å²) < 4.78 is 15.8. The number of carbonyl (C=O) groups is 1. The molecule has 0 aliphatic carbocycles. The molecule has 0 atom stereocenters. The highest BCUT2D eigenvalue weighted by Gasteiger charge is 2.07. The van der Waals surface area contributed by atoms with Crippen molar-refractivity contribution in [2.75, 3.05) is 32.2 Å². The molecule has 0 radical (unpaired) electrons. The van der Waals surface area contributed by atoms with Crippen LogP contribution in [0.4, 0.5) is 5.69 Å². The van der Waals surface area contributed by atoms with E-state index in [2.05, 4.69) is 5.32 Å². The molecule has 0 aromatic heterocycles. The van der Waals surface area contributed by atoms with E-state index in [1.165, 1.54) is 0 Å². The molecule has 1 amide bonds. The number of nitrogens with one attached hydrogen (secondary N) is 1. The molecule has 5 nitrogen and oxygen atoms in total. The molecule has 0 saturated heterocycles. The lowest BCUT2D eigenvalue weighted by atomic mass is 10.3. The lowest BCUT2D eigenvalue weighted by molar-refractivity contribution is -0.118. The molecule has 7 heteroatoms. The van der Waals surface area contributed by atoms with Crippen LogP contribution in [0.15, 0.2) is 42.5 Å². The Labute approximate surface area is 150 Å². The molecule has 1 N–H and O–H groups in total. The summed E-state index contributed by atoms with van der Waals surface area (Å²) in [6.07, 6.45) is 0. The van der Waals surface area contributed by atoms with Crippen molar-refractivity contribution in [3.05, 3.63) is 52.5 Å². The highest BCUT2D eigenvalue weighted by Crippen LogP contribution is 2.27. The molecular weight excluding hydrogens is 353 g/mol. The van der Waals surface area contributed by atoms with Gasteiger partial charge in [-0.1, -0.05) is 29.3 Å². The minimum Gasteiger partial charge on any atom is -0.491 e. The van der Waals surface area contributed by atoms with Gasteiger partial charge in [0.05, 0.1) is 11.6 Å². The van der Waals surface area contributed by atoms with Crippen molar-refractivity contribution in [3.63, 3.8) is 0 Å². The number of rotatable bonds is 8. The second-order valence-corrected chi connectivity index (χ2v) is 5.62. The fraction of sp³-hybridized carbons (Fsp3) is 0.235. The van der Waals surface area contributed by atoms with Crippen molar-refractivity contribution >= 4 is 34.8 Å². The molecule has 0 aliphatic rings. The van der Waals surface area contributed by atoms with Gasteiger partial charge in [-0.25, -0.2) is 0 Å². The van der Waals surface area contributed by atoms with Crippen molar-refractivity contribution in [3.8, 4) is 11.5 Å². The first kappa shape index (κ1) is 18.4. The van der Waals surface area contributed by atoms with Gasteiger partial charge in [-0.05, 0) is 30.3 Å². The van der Waals surface area contributed by atoms with Gasteiger partial charge in [0, 0.05) is 23.9 Å². The molecule has 0 unspecified atom stereocenters. The normalized spacial score (nSPS) is 10.3. The number of hydrogen-bond acceptors (Lipinski definition) is 4. The van der Waals surface area contributed by atoms with E-state index in [1.54, 1.807) is 49.6 Å². The first-order valence-electron chi connectivity index (χ1n) is 7.18. The molecule has 0 spiro atoms. The Morgan fingerprint density at radius 1 is 1.08 bits per heavy atom. The number of methoxy groups -OCH3 is 1. The zero-order chi connectivity index (χ0) is 17.4. The Morgan fingerprint density at radius 3 is 2.67 bits per heavy atom. The molecule has 0 bridgehead atoms. The maximum atomic E-state index is 12.0. The predicted molar refractivity (Wildman–Crippen MR) is 94.4 cm³/mol. The fourth-order valence-electron chi connectivity index (χ4n) is 1.84. The Bertz CT molecular complexity index is 694. The molecule has 24 heavy (non-hydrogen) atoms. The Hall–Kier alpha value is -1.95. The van der Waals surface area contributed by atoms with E-state index < -0.39 is 0 Å². The van der Waals surface area contributed by atoms with Gasteiger partial charge in [-0.15, -0.1) is 0 Å². The van der Waals surface area contributed by atoms with Crippen LogP contribution in [-0.4, -0.2) is 32.8 Å². The quantitative estimate of drug-likeness (QED) is 0.713. The van der Waals surface area contributed by atoms with E-state index in [-0.39, 0.29) is 12.5 Å². The van der Waals surface area contributed by atoms with Crippen LogP contribution in [0.2, 0.25) is 10.0 Å². The molecule has 0 aliphatic heterocycles. The summed E-state index contributed by atoms with van der Waals surface area (Å²) in [6, 6.07) is 11.9. The summed E-state index contributed by atoms with van der Waals surface area (Å²) in [6.45, 7) is 0.758. The molecule has 0 fully saturated rings. The van der Waals surface area contributed by atoms with Gasteiger partial charge in [-0.2, -0.15) is 0 Å². The average Bonchev–Trinajstić information content (AvgIpc) is 2.55. The second-order valence-electron chi connectivity index (χ2n) is 4.78. The van der Waals surface area contributed by atoms with Crippen molar-refractivity contribution in [1.29, 1.82) is 0 Å². The van der Waals surface area contributed by atoms with Crippen LogP contribution in [-0.2, 0) is 9.53 Å². The van der Waals surface area contributed by atoms with Gasteiger partial charge in [-0.3, -0.25) is 4.79 Å². The smallest absolute Gasteiger partial charge is 0.262 e. The maximum Gasteiger partial charge on any atom is 0.262 e. The molecule has 128 valence electrons. The summed E-state index contributed by atoms with van der Waals surface area (Å²) in [5, 5.41) is 3.58. The van der Waals surface area contributed by atoms with Crippen molar-refractivity contribution in [1.82, 2.24) is 0 Å². The SMILES string of the molecule is COCCOc1cccc(NC(=O)COc2ccc(Cl)cc2Cl)c1. The number of amides is 1. The van der Waals surface area contributed by atoms with Crippen LogP contribution in [0.5, 0.6) is 11.5 Å². The van der Waals surface area contributed by atoms with Crippen molar-refractivity contribution in [2.45, 2.75) is 0 Å². The van der Waals surface area contributed by atoms with E-state index in [0.29, 0.717) is 40.4 Å².